The van der Waals surface area contributed by atoms with Crippen LogP contribution >= 0.6 is 23.2 Å². The first-order chi connectivity index (χ1) is 14.2. The van der Waals surface area contributed by atoms with Crippen LogP contribution in [0.2, 0.25) is 10.0 Å². The summed E-state index contributed by atoms with van der Waals surface area (Å²) >= 11 is 11.8. The molecule has 2 aromatic carbocycles. The third kappa shape index (κ3) is 6.62. The third-order valence-corrected chi connectivity index (χ3v) is 6.18. The quantitative estimate of drug-likeness (QED) is 0.446. The molecule has 0 aliphatic carbocycles. The molecule has 30 heavy (non-hydrogen) atoms. The van der Waals surface area contributed by atoms with E-state index in [4.69, 9.17) is 23.2 Å². The molecule has 0 aromatic heterocycles. The minimum Gasteiger partial charge on any atom is -0.372 e. The predicted molar refractivity (Wildman–Crippen MR) is 124 cm³/mol. The molecule has 0 aliphatic heterocycles. The lowest BCUT2D eigenvalue weighted by Crippen LogP contribution is -2.39. The second kappa shape index (κ2) is 10.7. The number of nitrogens with one attached hydrogen (secondary N) is 1. The van der Waals surface area contributed by atoms with Crippen molar-refractivity contribution in [1.82, 2.24) is 5.43 Å². The van der Waals surface area contributed by atoms with Crippen molar-refractivity contribution in [2.75, 3.05) is 35.1 Å². The van der Waals surface area contributed by atoms with Crippen LogP contribution in [0, 0.1) is 0 Å². The minimum absolute atomic E-state index is 0.189. The molecule has 10 heteroatoms. The van der Waals surface area contributed by atoms with Gasteiger partial charge in [0.2, 0.25) is 10.0 Å². The van der Waals surface area contributed by atoms with Gasteiger partial charge >= 0.3 is 0 Å². The van der Waals surface area contributed by atoms with E-state index in [9.17, 15) is 13.2 Å². The largest absolute Gasteiger partial charge is 0.372 e. The van der Waals surface area contributed by atoms with Gasteiger partial charge in [-0.3, -0.25) is 9.10 Å². The summed E-state index contributed by atoms with van der Waals surface area (Å²) in [6.45, 7) is 5.55. The van der Waals surface area contributed by atoms with E-state index in [1.54, 1.807) is 0 Å². The molecule has 1 amide bonds. The van der Waals surface area contributed by atoms with Gasteiger partial charge in [-0.05, 0) is 49.7 Å². The lowest BCUT2D eigenvalue weighted by molar-refractivity contribution is -0.119. The predicted octanol–water partition coefficient (Wildman–Crippen LogP) is 3.76. The van der Waals surface area contributed by atoms with E-state index < -0.39 is 22.5 Å². The molecule has 0 saturated heterocycles. The lowest BCUT2D eigenvalue weighted by atomic mass is 10.2. The number of carbonyl (C=O) groups is 1. The van der Waals surface area contributed by atoms with E-state index in [-0.39, 0.29) is 15.7 Å². The van der Waals surface area contributed by atoms with Gasteiger partial charge in [-0.25, -0.2) is 13.8 Å². The van der Waals surface area contributed by atoms with Crippen molar-refractivity contribution in [3.63, 3.8) is 0 Å². The standard InChI is InChI=1S/C20H24Cl2N4O3S/c1-4-25(5-2)16-8-6-15(7-9-16)13-23-24-20(27)14-26(30(3,28)29)17-10-11-18(21)19(22)12-17/h6-13H,4-5,14H2,1-3H3,(H,24,27)/b23-13+. The summed E-state index contributed by atoms with van der Waals surface area (Å²) in [5, 5.41) is 4.39. The van der Waals surface area contributed by atoms with Crippen LogP contribution in [0.4, 0.5) is 11.4 Å². The number of hydrogen-bond donors (Lipinski definition) is 1. The van der Waals surface area contributed by atoms with Crippen LogP contribution in [0.25, 0.3) is 0 Å². The summed E-state index contributed by atoms with van der Waals surface area (Å²) < 4.78 is 25.2. The maximum absolute atomic E-state index is 12.2. The van der Waals surface area contributed by atoms with E-state index in [2.05, 4.69) is 29.3 Å². The summed E-state index contributed by atoms with van der Waals surface area (Å²) in [5.41, 5.74) is 4.48. The van der Waals surface area contributed by atoms with Crippen molar-refractivity contribution >= 4 is 56.7 Å². The van der Waals surface area contributed by atoms with E-state index in [0.29, 0.717) is 0 Å². The second-order valence-electron chi connectivity index (χ2n) is 6.43. The highest BCUT2D eigenvalue weighted by Gasteiger charge is 2.21. The zero-order chi connectivity index (χ0) is 22.3. The molecule has 2 aromatic rings. The number of hydrazone groups is 1. The zero-order valence-electron chi connectivity index (χ0n) is 17.0. The average molecular weight is 471 g/mol. The van der Waals surface area contributed by atoms with Crippen molar-refractivity contribution < 1.29 is 13.2 Å². The number of rotatable bonds is 9. The number of nitrogens with zero attached hydrogens (tertiary/aromatic N) is 3. The van der Waals surface area contributed by atoms with Crippen LogP contribution in [0.3, 0.4) is 0 Å². The number of halogens is 2. The Hall–Kier alpha value is -2.29. The van der Waals surface area contributed by atoms with E-state index >= 15 is 0 Å². The van der Waals surface area contributed by atoms with Gasteiger partial charge < -0.3 is 4.90 Å². The normalized spacial score (nSPS) is 11.5. The highest BCUT2D eigenvalue weighted by molar-refractivity contribution is 7.92. The second-order valence-corrected chi connectivity index (χ2v) is 9.15. The zero-order valence-corrected chi connectivity index (χ0v) is 19.3. The van der Waals surface area contributed by atoms with Crippen molar-refractivity contribution in [3.05, 3.63) is 58.1 Å². The van der Waals surface area contributed by atoms with Crippen molar-refractivity contribution in [1.29, 1.82) is 0 Å². The highest BCUT2D eigenvalue weighted by Crippen LogP contribution is 2.28. The van der Waals surface area contributed by atoms with Crippen LogP contribution in [-0.2, 0) is 14.8 Å². The first kappa shape index (κ1) is 24.0. The maximum Gasteiger partial charge on any atom is 0.260 e. The van der Waals surface area contributed by atoms with Crippen LogP contribution in [0.5, 0.6) is 0 Å². The van der Waals surface area contributed by atoms with E-state index in [1.807, 2.05) is 24.3 Å². The van der Waals surface area contributed by atoms with Crippen molar-refractivity contribution in [2.45, 2.75) is 13.8 Å². The summed E-state index contributed by atoms with van der Waals surface area (Å²) in [7, 11) is -3.72. The number of amides is 1. The fourth-order valence-electron chi connectivity index (χ4n) is 2.74. The summed E-state index contributed by atoms with van der Waals surface area (Å²) in [4.78, 5) is 14.5. The van der Waals surface area contributed by atoms with Crippen LogP contribution in [0.15, 0.2) is 47.6 Å². The maximum atomic E-state index is 12.2. The molecule has 7 nitrogen and oxygen atoms in total. The van der Waals surface area contributed by atoms with Crippen LogP contribution in [0.1, 0.15) is 19.4 Å². The molecule has 0 aliphatic rings. The average Bonchev–Trinajstić information content (AvgIpc) is 2.69. The topological polar surface area (TPSA) is 82.1 Å². The molecule has 162 valence electrons. The molecular formula is C20H24Cl2N4O3S. The number of anilines is 2. The Labute approximate surface area is 187 Å². The Morgan fingerprint density at radius 2 is 1.63 bits per heavy atom. The van der Waals surface area contributed by atoms with Crippen molar-refractivity contribution in [2.24, 2.45) is 5.10 Å². The smallest absolute Gasteiger partial charge is 0.260 e. The third-order valence-electron chi connectivity index (χ3n) is 4.30. The molecule has 0 fully saturated rings. The van der Waals surface area contributed by atoms with Crippen LogP contribution < -0.4 is 14.6 Å². The Morgan fingerprint density at radius 3 is 2.17 bits per heavy atom. The molecule has 0 spiro atoms. The molecule has 2 rings (SSSR count). The molecule has 0 radical (unpaired) electrons. The summed E-state index contributed by atoms with van der Waals surface area (Å²) in [6, 6.07) is 12.1. The Morgan fingerprint density at radius 1 is 1.03 bits per heavy atom. The van der Waals surface area contributed by atoms with Gasteiger partial charge in [-0.15, -0.1) is 0 Å². The lowest BCUT2D eigenvalue weighted by Gasteiger charge is -2.21. The van der Waals surface area contributed by atoms with E-state index in [1.165, 1.54) is 24.4 Å². The fraction of sp³-hybridized carbons (Fsp3) is 0.300. The molecule has 0 bridgehead atoms. The summed E-state index contributed by atoms with van der Waals surface area (Å²) in [6.07, 6.45) is 2.50. The molecule has 0 heterocycles. The van der Waals surface area contributed by atoms with Crippen LogP contribution in [-0.4, -0.2) is 46.4 Å². The number of sulfonamides is 1. The monoisotopic (exact) mass is 470 g/mol. The summed E-state index contributed by atoms with van der Waals surface area (Å²) in [5.74, 6) is -0.595. The highest BCUT2D eigenvalue weighted by atomic mass is 35.5. The Kier molecular flexibility index (Phi) is 8.52. The minimum atomic E-state index is -3.72. The fourth-order valence-corrected chi connectivity index (χ4v) is 3.89. The number of hydrogen-bond acceptors (Lipinski definition) is 5. The van der Waals surface area contributed by atoms with E-state index in [0.717, 1.165) is 34.9 Å². The Bertz CT molecular complexity index is 1010. The first-order valence-electron chi connectivity index (χ1n) is 9.25. The SMILES string of the molecule is CCN(CC)c1ccc(/C=N/NC(=O)CN(c2ccc(Cl)c(Cl)c2)S(C)(=O)=O)cc1. The van der Waals surface area contributed by atoms with Gasteiger partial charge in [-0.1, -0.05) is 35.3 Å². The Balaban J connectivity index is 2.04. The number of carbonyl (C=O) groups excluding carboxylic acids is 1. The molecule has 0 unspecified atom stereocenters. The molecular weight excluding hydrogens is 447 g/mol. The van der Waals surface area contributed by atoms with Gasteiger partial charge in [0.05, 0.1) is 28.2 Å². The van der Waals surface area contributed by atoms with Gasteiger partial charge in [0.25, 0.3) is 5.91 Å². The van der Waals surface area contributed by atoms with Gasteiger partial charge in [0.15, 0.2) is 0 Å². The molecule has 0 atom stereocenters. The first-order valence-corrected chi connectivity index (χ1v) is 11.9. The van der Waals surface area contributed by atoms with Gasteiger partial charge in [-0.2, -0.15) is 5.10 Å². The van der Waals surface area contributed by atoms with Gasteiger partial charge in [0, 0.05) is 18.8 Å². The molecule has 0 saturated carbocycles. The molecule has 1 N–H and O–H groups in total. The van der Waals surface area contributed by atoms with Crippen molar-refractivity contribution in [3.8, 4) is 0 Å². The van der Waals surface area contributed by atoms with Gasteiger partial charge in [0.1, 0.15) is 6.54 Å². The number of benzene rings is 2.